The molecule has 0 N–H and O–H groups in total. The molecule has 16 rings (SSSR count). The predicted octanol–water partition coefficient (Wildman–Crippen LogP) is 11.2. The summed E-state index contributed by atoms with van der Waals surface area (Å²) < 4.78 is 16.8. The van der Waals surface area contributed by atoms with Gasteiger partial charge in [-0.1, -0.05) is 218 Å². The van der Waals surface area contributed by atoms with Gasteiger partial charge in [-0.05, 0) is 100 Å². The zero-order valence-corrected chi connectivity index (χ0v) is 40.1. The number of nitrogens with zero attached hydrogens (tertiary/aromatic N) is 1. The maximum absolute atomic E-state index is 7.28. The molecule has 0 unspecified atom stereocenters. The minimum absolute atomic E-state index is 0.117. The van der Waals surface area contributed by atoms with Gasteiger partial charge in [0.15, 0.2) is 8.07 Å². The third kappa shape index (κ3) is 5.10. The normalized spacial score (nSPS) is 13.9. The Morgan fingerprint density at radius 3 is 1.47 bits per heavy atom. The number of para-hydroxylation sites is 2. The smallest absolute Gasteiger partial charge is 0.260 e. The van der Waals surface area contributed by atoms with Crippen LogP contribution in [0, 0.1) is 0 Å². The van der Waals surface area contributed by atoms with E-state index in [-0.39, 0.29) is 6.71 Å². The zero-order valence-electron chi connectivity index (χ0n) is 39.1. The van der Waals surface area contributed by atoms with Crippen LogP contribution in [0.1, 0.15) is 22.3 Å². The predicted molar refractivity (Wildman–Crippen MR) is 298 cm³/mol. The van der Waals surface area contributed by atoms with Gasteiger partial charge < -0.3 is 14.0 Å². The second-order valence-corrected chi connectivity index (χ2v) is 23.6. The Morgan fingerprint density at radius 1 is 0.361 bits per heavy atom. The third-order valence-corrected chi connectivity index (χ3v) is 21.2. The largest absolute Gasteiger partial charge is 0.458 e. The first-order chi connectivity index (χ1) is 35.7. The van der Waals surface area contributed by atoms with Crippen LogP contribution in [0.2, 0.25) is 0 Å². The molecule has 11 aromatic carbocycles. The van der Waals surface area contributed by atoms with Crippen LogP contribution in [-0.2, 0) is 5.41 Å². The van der Waals surface area contributed by atoms with E-state index in [1.54, 1.807) is 0 Å². The first-order valence-electron chi connectivity index (χ1n) is 25.0. The van der Waals surface area contributed by atoms with Crippen LogP contribution in [0.4, 0.5) is 0 Å². The van der Waals surface area contributed by atoms with E-state index in [9.17, 15) is 0 Å². The summed E-state index contributed by atoms with van der Waals surface area (Å²) in [6.07, 6.45) is 0. The van der Waals surface area contributed by atoms with Gasteiger partial charge in [-0.15, -0.1) is 0 Å². The van der Waals surface area contributed by atoms with E-state index in [0.29, 0.717) is 0 Å². The minimum atomic E-state index is -2.85. The number of benzene rings is 11. The lowest BCUT2D eigenvalue weighted by atomic mass is 9.35. The van der Waals surface area contributed by atoms with Crippen molar-refractivity contribution >= 4 is 73.7 Å². The van der Waals surface area contributed by atoms with Gasteiger partial charge >= 0.3 is 0 Å². The monoisotopic (exact) mass is 931 g/mol. The highest BCUT2D eigenvalue weighted by atomic mass is 28.3. The molecule has 0 radical (unpaired) electrons. The van der Waals surface area contributed by atoms with Gasteiger partial charge in [-0.25, -0.2) is 0 Å². The average molecular weight is 932 g/mol. The number of aromatic nitrogens is 1. The molecule has 1 aromatic heterocycles. The van der Waals surface area contributed by atoms with Crippen molar-refractivity contribution in [2.24, 2.45) is 0 Å². The van der Waals surface area contributed by atoms with Gasteiger partial charge in [0, 0.05) is 28.4 Å². The number of hydrogen-bond acceptors (Lipinski definition) is 2. The van der Waals surface area contributed by atoms with Crippen molar-refractivity contribution in [3.63, 3.8) is 0 Å². The molecule has 72 heavy (non-hydrogen) atoms. The van der Waals surface area contributed by atoms with E-state index in [1.807, 2.05) is 0 Å². The van der Waals surface area contributed by atoms with Gasteiger partial charge in [-0.3, -0.25) is 0 Å². The van der Waals surface area contributed by atoms with Crippen molar-refractivity contribution < 1.29 is 9.47 Å². The van der Waals surface area contributed by atoms with Gasteiger partial charge in [-0.2, -0.15) is 0 Å². The van der Waals surface area contributed by atoms with Crippen molar-refractivity contribution in [2.45, 2.75) is 5.41 Å². The molecule has 2 aliphatic carbocycles. The Hall–Kier alpha value is -8.90. The third-order valence-electron chi connectivity index (χ3n) is 16.5. The molecule has 3 heterocycles. The quantitative estimate of drug-likeness (QED) is 0.127. The van der Waals surface area contributed by atoms with Gasteiger partial charge in [0.25, 0.3) is 6.71 Å². The number of hydrogen-bond donors (Lipinski definition) is 0. The average Bonchev–Trinajstić information content (AvgIpc) is 4.06. The van der Waals surface area contributed by atoms with Gasteiger partial charge in [0.05, 0.1) is 22.1 Å². The van der Waals surface area contributed by atoms with Crippen LogP contribution < -0.4 is 46.6 Å². The minimum Gasteiger partial charge on any atom is -0.458 e. The van der Waals surface area contributed by atoms with Crippen molar-refractivity contribution in [2.75, 3.05) is 0 Å². The molecular weight excluding hydrogens is 890 g/mol. The molecule has 2 aliphatic heterocycles. The molecule has 1 spiro atoms. The molecule has 0 amide bonds. The Kier molecular flexibility index (Phi) is 8.21. The number of fused-ring (bicyclic) bond motifs is 18. The molecule has 0 saturated carbocycles. The number of rotatable bonds is 5. The van der Waals surface area contributed by atoms with E-state index < -0.39 is 13.5 Å². The topological polar surface area (TPSA) is 23.4 Å². The van der Waals surface area contributed by atoms with Crippen LogP contribution >= 0.6 is 0 Å². The molecule has 0 fully saturated rings. The summed E-state index contributed by atoms with van der Waals surface area (Å²) in [5, 5.41) is 7.81. The van der Waals surface area contributed by atoms with Crippen molar-refractivity contribution in [1.82, 2.24) is 4.57 Å². The van der Waals surface area contributed by atoms with Crippen LogP contribution in [0.5, 0.6) is 23.0 Å². The molecule has 5 heteroatoms. The molecule has 12 aromatic rings. The fourth-order valence-corrected chi connectivity index (χ4v) is 18.6. The van der Waals surface area contributed by atoms with Crippen LogP contribution in [0.25, 0.3) is 49.7 Å². The summed E-state index contributed by atoms with van der Waals surface area (Å²) in [5.41, 5.74) is 16.7. The Morgan fingerprint density at radius 2 is 0.861 bits per heavy atom. The Labute approximate surface area is 419 Å². The Bertz CT molecular complexity index is 4060. The van der Waals surface area contributed by atoms with Crippen LogP contribution in [0.3, 0.4) is 0 Å². The highest BCUT2D eigenvalue weighted by Crippen LogP contribution is 2.64. The molecular formula is C67H42BNO2Si. The molecule has 334 valence electrons. The molecule has 3 nitrogen and oxygen atoms in total. The van der Waals surface area contributed by atoms with E-state index in [0.717, 1.165) is 56.1 Å². The van der Waals surface area contributed by atoms with Crippen molar-refractivity contribution in [1.29, 1.82) is 0 Å². The molecule has 4 aliphatic rings. The second-order valence-electron chi connectivity index (χ2n) is 19.8. The summed E-state index contributed by atoms with van der Waals surface area (Å²) in [6, 6.07) is 94.6. The first kappa shape index (κ1) is 39.9. The lowest BCUT2D eigenvalue weighted by Crippen LogP contribution is -2.75. The lowest BCUT2D eigenvalue weighted by molar-refractivity contribution is 0.464. The molecule has 0 bridgehead atoms. The summed E-state index contributed by atoms with van der Waals surface area (Å²) in [5.74, 6) is 3.36. The zero-order chi connectivity index (χ0) is 47.1. The first-order valence-corrected chi connectivity index (χ1v) is 27.0. The van der Waals surface area contributed by atoms with E-state index in [2.05, 4.69) is 259 Å². The lowest BCUT2D eigenvalue weighted by Gasteiger charge is -2.37. The number of ether oxygens (including phenoxy) is 2. The van der Waals surface area contributed by atoms with Crippen LogP contribution in [0.15, 0.2) is 255 Å². The van der Waals surface area contributed by atoms with E-state index in [1.165, 1.54) is 76.0 Å². The fraction of sp³-hybridized carbons (Fsp3) is 0.0149. The molecule has 0 saturated heterocycles. The highest BCUT2D eigenvalue weighted by Gasteiger charge is 2.53. The summed E-state index contributed by atoms with van der Waals surface area (Å²) in [7, 11) is -2.85. The highest BCUT2D eigenvalue weighted by molar-refractivity contribution is 7.20. The fourth-order valence-electron chi connectivity index (χ4n) is 13.8. The van der Waals surface area contributed by atoms with Crippen LogP contribution in [-0.4, -0.2) is 19.4 Å². The van der Waals surface area contributed by atoms with E-state index >= 15 is 0 Å². The van der Waals surface area contributed by atoms with Gasteiger partial charge in [0.2, 0.25) is 0 Å². The maximum Gasteiger partial charge on any atom is 0.260 e. The second kappa shape index (κ2) is 14.8. The van der Waals surface area contributed by atoms with Crippen molar-refractivity contribution in [3.05, 3.63) is 277 Å². The summed E-state index contributed by atoms with van der Waals surface area (Å²) >= 11 is 0. The standard InChI is InChI=1S/C67H42BNO2Si/c1-4-20-44(21-5-1)72(45-22-6-2-7-23-45,46-24-8-3-9-25-46)47-36-39-61-57(42-47)68-56-33-17-19-35-60(56)70-62-40-43(41-63(71-61)66(62)68)69-58-34-18-13-29-52(58)64-59(69)38-37-51-50-28-12-16-32-55(50)67(65(51)64)53-30-14-10-26-48(53)49-27-11-15-31-54(49)67/h1-42H. The maximum atomic E-state index is 7.28. The summed E-state index contributed by atoms with van der Waals surface area (Å²) in [4.78, 5) is 0. The van der Waals surface area contributed by atoms with E-state index in [4.69, 9.17) is 9.47 Å². The van der Waals surface area contributed by atoms with Gasteiger partial charge in [0.1, 0.15) is 23.0 Å². The summed E-state index contributed by atoms with van der Waals surface area (Å²) in [6.45, 7) is -0.117. The SMILES string of the molecule is c1ccc([Si](c2ccccc2)(c2ccccc2)c2ccc3c(c2)B2c4ccccc4Oc4cc(-n5c6ccccc6c6c7c(ccc65)-c5ccccc5C75c6ccccc6-c6ccccc65)cc(c42)O3)cc1. The Balaban J connectivity index is 0.934. The molecule has 0 atom stereocenters. The van der Waals surface area contributed by atoms with Crippen molar-refractivity contribution in [3.8, 4) is 50.9 Å².